The Morgan fingerprint density at radius 3 is 2.62 bits per heavy atom. The maximum Gasteiger partial charge on any atom is 0.358 e. The second-order valence-electron chi connectivity index (χ2n) is 4.68. The van der Waals surface area contributed by atoms with Gasteiger partial charge in [-0.25, -0.2) is 9.48 Å². The topological polar surface area (TPSA) is 95.1 Å². The number of aromatic carboxylic acids is 1. The highest BCUT2D eigenvalue weighted by molar-refractivity contribution is 5.93. The summed E-state index contributed by atoms with van der Waals surface area (Å²) in [5.74, 6) is -1.10. The minimum atomic E-state index is -1.10. The summed E-state index contributed by atoms with van der Waals surface area (Å²) in [6, 6.07) is 0. The summed E-state index contributed by atoms with van der Waals surface area (Å²) >= 11 is 0. The summed E-state index contributed by atoms with van der Waals surface area (Å²) in [5.41, 5.74) is 2.79. The second-order valence-corrected chi connectivity index (χ2v) is 4.68. The van der Waals surface area contributed by atoms with Gasteiger partial charge in [0.1, 0.15) is 5.69 Å². The molecule has 21 heavy (non-hydrogen) atoms. The van der Waals surface area contributed by atoms with Crippen LogP contribution in [0.1, 0.15) is 28.8 Å². The maximum absolute atomic E-state index is 11.4. The van der Waals surface area contributed by atoms with Crippen molar-refractivity contribution < 1.29 is 14.6 Å². The molecule has 0 unspecified atom stereocenters. The van der Waals surface area contributed by atoms with Gasteiger partial charge in [0.25, 0.3) is 0 Å². The molecule has 8 nitrogen and oxygen atoms in total. The van der Waals surface area contributed by atoms with Gasteiger partial charge in [0, 0.05) is 24.9 Å². The number of nitrogens with zero attached hydrogens (tertiary/aromatic N) is 5. The molecule has 0 aliphatic heterocycles. The average Bonchev–Trinajstić information content (AvgIpc) is 2.92. The van der Waals surface area contributed by atoms with Crippen LogP contribution in [0.15, 0.2) is 0 Å². The van der Waals surface area contributed by atoms with E-state index in [0.717, 1.165) is 17.0 Å². The van der Waals surface area contributed by atoms with Gasteiger partial charge in [0.05, 0.1) is 18.8 Å². The summed E-state index contributed by atoms with van der Waals surface area (Å²) in [7, 11) is 1.82. The monoisotopic (exact) mass is 293 g/mol. The van der Waals surface area contributed by atoms with Crippen LogP contribution in [0.3, 0.4) is 0 Å². The Bertz CT molecular complexity index is 659. The standard InChI is InChI=1S/C13H19N5O3/c1-5-21-7-6-18-12(11(13(19)20)14-16-18)10-8(2)15-17(4)9(10)3/h5-7H2,1-4H3,(H,19,20). The molecule has 0 fully saturated rings. The number of hydrogen-bond acceptors (Lipinski definition) is 5. The van der Waals surface area contributed by atoms with Crippen LogP contribution in [0, 0.1) is 13.8 Å². The van der Waals surface area contributed by atoms with E-state index in [1.54, 1.807) is 9.36 Å². The Morgan fingerprint density at radius 2 is 2.10 bits per heavy atom. The molecule has 0 amide bonds. The van der Waals surface area contributed by atoms with E-state index in [1.807, 2.05) is 27.8 Å². The van der Waals surface area contributed by atoms with Crippen LogP contribution in [0.5, 0.6) is 0 Å². The highest BCUT2D eigenvalue weighted by Crippen LogP contribution is 2.28. The van der Waals surface area contributed by atoms with Crippen molar-refractivity contribution in [1.82, 2.24) is 24.8 Å². The SMILES string of the molecule is CCOCCn1nnc(C(=O)O)c1-c1c(C)nn(C)c1C. The van der Waals surface area contributed by atoms with Crippen molar-refractivity contribution in [3.63, 3.8) is 0 Å². The van der Waals surface area contributed by atoms with Gasteiger partial charge in [-0.15, -0.1) is 5.10 Å². The number of hydrogen-bond donors (Lipinski definition) is 1. The van der Waals surface area contributed by atoms with Gasteiger partial charge in [-0.05, 0) is 20.8 Å². The first-order valence-corrected chi connectivity index (χ1v) is 6.72. The zero-order valence-corrected chi connectivity index (χ0v) is 12.6. The minimum absolute atomic E-state index is 0.0642. The molecule has 0 atom stereocenters. The number of ether oxygens (including phenoxy) is 1. The number of carbonyl (C=O) groups is 1. The lowest BCUT2D eigenvalue weighted by Crippen LogP contribution is -2.10. The van der Waals surface area contributed by atoms with Crippen molar-refractivity contribution in [1.29, 1.82) is 0 Å². The predicted octanol–water partition coefficient (Wildman–Crippen LogP) is 1.03. The Kier molecular flexibility index (Phi) is 4.37. The first-order valence-electron chi connectivity index (χ1n) is 6.72. The average molecular weight is 293 g/mol. The molecule has 0 aliphatic carbocycles. The van der Waals surface area contributed by atoms with Gasteiger partial charge in [0.2, 0.25) is 0 Å². The van der Waals surface area contributed by atoms with E-state index in [1.165, 1.54) is 0 Å². The molecule has 0 saturated carbocycles. The van der Waals surface area contributed by atoms with Crippen molar-refractivity contribution in [2.24, 2.45) is 7.05 Å². The normalized spacial score (nSPS) is 11.0. The molecule has 0 aromatic carbocycles. The molecule has 2 rings (SSSR count). The highest BCUT2D eigenvalue weighted by atomic mass is 16.5. The van der Waals surface area contributed by atoms with Crippen LogP contribution >= 0.6 is 0 Å². The fourth-order valence-corrected chi connectivity index (χ4v) is 2.27. The van der Waals surface area contributed by atoms with Crippen LogP contribution in [-0.2, 0) is 18.3 Å². The number of carboxylic acid groups (broad SMARTS) is 1. The third-order valence-electron chi connectivity index (χ3n) is 3.34. The molecule has 1 N–H and O–H groups in total. The van der Waals surface area contributed by atoms with Gasteiger partial charge in [-0.2, -0.15) is 5.10 Å². The van der Waals surface area contributed by atoms with Crippen molar-refractivity contribution in [2.45, 2.75) is 27.3 Å². The summed E-state index contributed by atoms with van der Waals surface area (Å²) in [6.45, 7) is 7.12. The van der Waals surface area contributed by atoms with Crippen LogP contribution in [0.4, 0.5) is 0 Å². The largest absolute Gasteiger partial charge is 0.476 e. The van der Waals surface area contributed by atoms with E-state index in [2.05, 4.69) is 15.4 Å². The first-order chi connectivity index (χ1) is 9.97. The fourth-order valence-electron chi connectivity index (χ4n) is 2.27. The number of carboxylic acids is 1. The van der Waals surface area contributed by atoms with Gasteiger partial charge in [-0.1, -0.05) is 5.21 Å². The molecule has 0 saturated heterocycles. The Hall–Kier alpha value is -2.22. The fraction of sp³-hybridized carbons (Fsp3) is 0.538. The predicted molar refractivity (Wildman–Crippen MR) is 75.2 cm³/mol. The second kappa shape index (κ2) is 6.04. The minimum Gasteiger partial charge on any atom is -0.476 e. The van der Waals surface area contributed by atoms with E-state index >= 15 is 0 Å². The molecule has 0 radical (unpaired) electrons. The quantitative estimate of drug-likeness (QED) is 0.799. The van der Waals surface area contributed by atoms with Gasteiger partial charge < -0.3 is 9.84 Å². The number of aryl methyl sites for hydroxylation is 2. The summed E-state index contributed by atoms with van der Waals surface area (Å²) in [4.78, 5) is 11.4. The Morgan fingerprint density at radius 1 is 1.38 bits per heavy atom. The zero-order chi connectivity index (χ0) is 15.6. The summed E-state index contributed by atoms with van der Waals surface area (Å²) in [5, 5.41) is 21.4. The molecule has 0 spiro atoms. The van der Waals surface area contributed by atoms with Crippen LogP contribution in [0.2, 0.25) is 0 Å². The van der Waals surface area contributed by atoms with Crippen LogP contribution in [0.25, 0.3) is 11.3 Å². The van der Waals surface area contributed by atoms with Crippen molar-refractivity contribution in [3.05, 3.63) is 17.1 Å². The van der Waals surface area contributed by atoms with E-state index in [-0.39, 0.29) is 5.69 Å². The molecule has 2 aromatic heterocycles. The molecule has 8 heteroatoms. The van der Waals surface area contributed by atoms with E-state index in [0.29, 0.717) is 25.5 Å². The molecule has 0 aliphatic rings. The molecule has 2 aromatic rings. The third kappa shape index (κ3) is 2.80. The lowest BCUT2D eigenvalue weighted by molar-refractivity contribution is 0.0691. The van der Waals surface area contributed by atoms with Gasteiger partial charge in [-0.3, -0.25) is 4.68 Å². The summed E-state index contributed by atoms with van der Waals surface area (Å²) in [6.07, 6.45) is 0. The third-order valence-corrected chi connectivity index (χ3v) is 3.34. The lowest BCUT2D eigenvalue weighted by Gasteiger charge is -2.08. The first kappa shape index (κ1) is 15.2. The zero-order valence-electron chi connectivity index (χ0n) is 12.6. The molecule has 2 heterocycles. The van der Waals surface area contributed by atoms with Crippen molar-refractivity contribution >= 4 is 5.97 Å². The molecular weight excluding hydrogens is 274 g/mol. The number of aromatic nitrogens is 5. The Balaban J connectivity index is 2.53. The number of rotatable bonds is 6. The maximum atomic E-state index is 11.4. The van der Waals surface area contributed by atoms with E-state index in [4.69, 9.17) is 4.74 Å². The van der Waals surface area contributed by atoms with Gasteiger partial charge >= 0.3 is 5.97 Å². The van der Waals surface area contributed by atoms with Gasteiger partial charge in [0.15, 0.2) is 5.69 Å². The lowest BCUT2D eigenvalue weighted by atomic mass is 10.1. The molecular formula is C13H19N5O3. The van der Waals surface area contributed by atoms with E-state index in [9.17, 15) is 9.90 Å². The van der Waals surface area contributed by atoms with Crippen LogP contribution < -0.4 is 0 Å². The van der Waals surface area contributed by atoms with Crippen molar-refractivity contribution in [3.8, 4) is 11.3 Å². The molecule has 0 bridgehead atoms. The van der Waals surface area contributed by atoms with Crippen LogP contribution in [-0.4, -0.2) is 49.1 Å². The Labute approximate surface area is 122 Å². The van der Waals surface area contributed by atoms with E-state index < -0.39 is 5.97 Å². The highest BCUT2D eigenvalue weighted by Gasteiger charge is 2.25. The molecule has 114 valence electrons. The summed E-state index contributed by atoms with van der Waals surface area (Å²) < 4.78 is 8.59. The smallest absolute Gasteiger partial charge is 0.358 e. The van der Waals surface area contributed by atoms with Crippen molar-refractivity contribution in [2.75, 3.05) is 13.2 Å².